The molecule has 2 aliphatic heterocycles. The molecule has 3 nitrogen and oxygen atoms in total. The molecule has 3 unspecified atom stereocenters. The second-order valence-electron chi connectivity index (χ2n) is 5.32. The van der Waals surface area contributed by atoms with Crippen LogP contribution in [0.4, 0.5) is 11.4 Å². The van der Waals surface area contributed by atoms with Gasteiger partial charge in [0.25, 0.3) is 0 Å². The number of nitrogen functional groups attached to an aromatic ring is 1. The fourth-order valence-electron chi connectivity index (χ4n) is 2.96. The lowest BCUT2D eigenvalue weighted by atomic mass is 9.89. The molecule has 3 rings (SSSR count). The standard InChI is InChI=1S/C14H20N2O/c1-9-2-3-11(7-13(9)15)16-8-10-6-12-4-5-14(10)17-12/h2-3,7,10,12,14,16H,4-6,8,15H2,1H3. The van der Waals surface area contributed by atoms with E-state index >= 15 is 0 Å². The fraction of sp³-hybridized carbons (Fsp3) is 0.571. The Morgan fingerprint density at radius 3 is 2.94 bits per heavy atom. The van der Waals surface area contributed by atoms with Gasteiger partial charge >= 0.3 is 0 Å². The van der Waals surface area contributed by atoms with Crippen molar-refractivity contribution in [3.63, 3.8) is 0 Å². The van der Waals surface area contributed by atoms with E-state index in [4.69, 9.17) is 10.5 Å². The number of anilines is 2. The Morgan fingerprint density at radius 2 is 2.29 bits per heavy atom. The molecule has 0 amide bonds. The Kier molecular flexibility index (Phi) is 2.71. The number of rotatable bonds is 3. The Morgan fingerprint density at radius 1 is 1.41 bits per heavy atom. The third-order valence-electron chi connectivity index (χ3n) is 4.08. The second kappa shape index (κ2) is 4.22. The lowest BCUT2D eigenvalue weighted by molar-refractivity contribution is 0.0942. The van der Waals surface area contributed by atoms with Crippen LogP contribution in [-0.4, -0.2) is 18.8 Å². The van der Waals surface area contributed by atoms with Crippen LogP contribution in [0.25, 0.3) is 0 Å². The highest BCUT2D eigenvalue weighted by atomic mass is 16.5. The average Bonchev–Trinajstić information content (AvgIpc) is 2.92. The maximum absolute atomic E-state index is 5.90. The van der Waals surface area contributed by atoms with Gasteiger partial charge in [0.1, 0.15) is 0 Å². The Hall–Kier alpha value is -1.22. The van der Waals surface area contributed by atoms with Crippen molar-refractivity contribution >= 4 is 11.4 Å². The van der Waals surface area contributed by atoms with Gasteiger partial charge < -0.3 is 15.8 Å². The van der Waals surface area contributed by atoms with E-state index in [-0.39, 0.29) is 0 Å². The average molecular weight is 232 g/mol. The molecule has 2 bridgehead atoms. The quantitative estimate of drug-likeness (QED) is 0.787. The van der Waals surface area contributed by atoms with Gasteiger partial charge in [0, 0.05) is 23.8 Å². The number of nitrogens with one attached hydrogen (secondary N) is 1. The summed E-state index contributed by atoms with van der Waals surface area (Å²) in [5, 5.41) is 3.48. The van der Waals surface area contributed by atoms with Crippen molar-refractivity contribution in [2.24, 2.45) is 5.92 Å². The van der Waals surface area contributed by atoms with E-state index in [2.05, 4.69) is 17.4 Å². The summed E-state index contributed by atoms with van der Waals surface area (Å²) >= 11 is 0. The predicted molar refractivity (Wildman–Crippen MR) is 70.1 cm³/mol. The Balaban J connectivity index is 1.59. The maximum Gasteiger partial charge on any atom is 0.0625 e. The summed E-state index contributed by atoms with van der Waals surface area (Å²) in [4.78, 5) is 0. The number of benzene rings is 1. The van der Waals surface area contributed by atoms with E-state index in [1.807, 2.05) is 13.0 Å². The number of hydrogen-bond acceptors (Lipinski definition) is 3. The van der Waals surface area contributed by atoms with E-state index in [1.54, 1.807) is 0 Å². The summed E-state index contributed by atoms with van der Waals surface area (Å²) < 4.78 is 5.85. The van der Waals surface area contributed by atoms with E-state index in [1.165, 1.54) is 19.3 Å². The van der Waals surface area contributed by atoms with Gasteiger partial charge in [-0.1, -0.05) is 6.07 Å². The molecular formula is C14H20N2O. The molecule has 0 aliphatic carbocycles. The number of nitrogens with two attached hydrogens (primary N) is 1. The SMILES string of the molecule is Cc1ccc(NCC2CC3CCC2O3)cc1N. The van der Waals surface area contributed by atoms with Crippen molar-refractivity contribution in [2.75, 3.05) is 17.6 Å². The van der Waals surface area contributed by atoms with Crippen molar-refractivity contribution in [3.8, 4) is 0 Å². The van der Waals surface area contributed by atoms with Crippen LogP contribution in [0.5, 0.6) is 0 Å². The monoisotopic (exact) mass is 232 g/mol. The van der Waals surface area contributed by atoms with Gasteiger partial charge in [-0.2, -0.15) is 0 Å². The Bertz CT molecular complexity index is 419. The van der Waals surface area contributed by atoms with Gasteiger partial charge in [0.2, 0.25) is 0 Å². The highest BCUT2D eigenvalue weighted by Crippen LogP contribution is 2.38. The van der Waals surface area contributed by atoms with Crippen LogP contribution in [0.2, 0.25) is 0 Å². The number of hydrogen-bond donors (Lipinski definition) is 2. The van der Waals surface area contributed by atoms with Gasteiger partial charge in [0.05, 0.1) is 12.2 Å². The normalized spacial score (nSPS) is 30.8. The van der Waals surface area contributed by atoms with Crippen molar-refractivity contribution in [1.29, 1.82) is 0 Å². The molecule has 2 saturated heterocycles. The molecule has 2 heterocycles. The molecule has 2 aliphatic rings. The zero-order valence-electron chi connectivity index (χ0n) is 10.3. The van der Waals surface area contributed by atoms with E-state index < -0.39 is 0 Å². The first-order valence-corrected chi connectivity index (χ1v) is 6.48. The molecule has 3 atom stereocenters. The number of aryl methyl sites for hydroxylation is 1. The predicted octanol–water partition coefficient (Wildman–Crippen LogP) is 2.56. The molecule has 3 heteroatoms. The van der Waals surface area contributed by atoms with Gasteiger partial charge in [-0.25, -0.2) is 0 Å². The smallest absolute Gasteiger partial charge is 0.0625 e. The lowest BCUT2D eigenvalue weighted by Crippen LogP contribution is -2.24. The molecule has 0 saturated carbocycles. The van der Waals surface area contributed by atoms with Gasteiger partial charge in [-0.05, 0) is 43.9 Å². The third kappa shape index (κ3) is 2.12. The highest BCUT2D eigenvalue weighted by molar-refractivity contribution is 5.58. The molecule has 3 N–H and O–H groups in total. The summed E-state index contributed by atoms with van der Waals surface area (Å²) in [5.41, 5.74) is 9.02. The molecular weight excluding hydrogens is 212 g/mol. The number of ether oxygens (including phenoxy) is 1. The summed E-state index contributed by atoms with van der Waals surface area (Å²) in [6.07, 6.45) is 4.76. The summed E-state index contributed by atoms with van der Waals surface area (Å²) in [7, 11) is 0. The largest absolute Gasteiger partial charge is 0.398 e. The van der Waals surface area contributed by atoms with Crippen LogP contribution in [0, 0.1) is 12.8 Å². The van der Waals surface area contributed by atoms with Crippen molar-refractivity contribution in [2.45, 2.75) is 38.4 Å². The van der Waals surface area contributed by atoms with Crippen LogP contribution >= 0.6 is 0 Å². The minimum absolute atomic E-state index is 0.496. The van der Waals surface area contributed by atoms with E-state index in [0.29, 0.717) is 18.1 Å². The highest BCUT2D eigenvalue weighted by Gasteiger charge is 2.40. The van der Waals surface area contributed by atoms with Crippen LogP contribution in [0.3, 0.4) is 0 Å². The fourth-order valence-corrected chi connectivity index (χ4v) is 2.96. The van der Waals surface area contributed by atoms with E-state index in [0.717, 1.165) is 23.5 Å². The molecule has 92 valence electrons. The van der Waals surface area contributed by atoms with E-state index in [9.17, 15) is 0 Å². The summed E-state index contributed by atoms with van der Waals surface area (Å²) in [6.45, 7) is 3.03. The molecule has 0 spiro atoms. The first-order chi connectivity index (χ1) is 8.22. The topological polar surface area (TPSA) is 47.3 Å². The van der Waals surface area contributed by atoms with Crippen molar-refractivity contribution in [3.05, 3.63) is 23.8 Å². The molecule has 1 aromatic carbocycles. The van der Waals surface area contributed by atoms with Crippen LogP contribution < -0.4 is 11.1 Å². The first kappa shape index (κ1) is 10.9. The van der Waals surface area contributed by atoms with Gasteiger partial charge in [-0.15, -0.1) is 0 Å². The zero-order chi connectivity index (χ0) is 11.8. The molecule has 2 fully saturated rings. The summed E-state index contributed by atoms with van der Waals surface area (Å²) in [6, 6.07) is 6.18. The molecule has 0 radical (unpaired) electrons. The second-order valence-corrected chi connectivity index (χ2v) is 5.32. The van der Waals surface area contributed by atoms with Gasteiger partial charge in [0.15, 0.2) is 0 Å². The minimum Gasteiger partial charge on any atom is -0.398 e. The van der Waals surface area contributed by atoms with Crippen LogP contribution in [0.1, 0.15) is 24.8 Å². The van der Waals surface area contributed by atoms with Crippen molar-refractivity contribution in [1.82, 2.24) is 0 Å². The molecule has 0 aromatic heterocycles. The maximum atomic E-state index is 5.90. The third-order valence-corrected chi connectivity index (χ3v) is 4.08. The zero-order valence-corrected chi connectivity index (χ0v) is 10.3. The van der Waals surface area contributed by atoms with Gasteiger partial charge in [-0.3, -0.25) is 0 Å². The number of fused-ring (bicyclic) bond motifs is 2. The molecule has 17 heavy (non-hydrogen) atoms. The van der Waals surface area contributed by atoms with Crippen LogP contribution in [-0.2, 0) is 4.74 Å². The molecule has 1 aromatic rings. The lowest BCUT2D eigenvalue weighted by Gasteiger charge is -2.19. The summed E-state index contributed by atoms with van der Waals surface area (Å²) in [5.74, 6) is 0.677. The minimum atomic E-state index is 0.496. The van der Waals surface area contributed by atoms with Crippen LogP contribution in [0.15, 0.2) is 18.2 Å². The Labute approximate surface area is 102 Å². The first-order valence-electron chi connectivity index (χ1n) is 6.48. The van der Waals surface area contributed by atoms with Crippen molar-refractivity contribution < 1.29 is 4.74 Å².